The molecule has 9 heteroatoms. The molecule has 7 nitrogen and oxygen atoms in total. The lowest BCUT2D eigenvalue weighted by Crippen LogP contribution is -2.39. The molecule has 0 bridgehead atoms. The zero-order valence-electron chi connectivity index (χ0n) is 20.3. The second-order valence-electron chi connectivity index (χ2n) is 9.09. The third-order valence-electron chi connectivity index (χ3n) is 6.19. The first kappa shape index (κ1) is 24.7. The minimum Gasteiger partial charge on any atom is -0.294 e. The number of aromatic amines is 1. The highest BCUT2D eigenvalue weighted by Crippen LogP contribution is 2.35. The number of hydrogen-bond donors (Lipinski definition) is 1. The van der Waals surface area contributed by atoms with Crippen molar-refractivity contribution in [3.8, 4) is 5.69 Å². The first-order chi connectivity index (χ1) is 17.7. The fourth-order valence-corrected chi connectivity index (χ4v) is 4.74. The largest absolute Gasteiger partial charge is 0.331 e. The fourth-order valence-electron chi connectivity index (χ4n) is 4.45. The van der Waals surface area contributed by atoms with Crippen molar-refractivity contribution in [2.24, 2.45) is 0 Å². The van der Waals surface area contributed by atoms with Crippen molar-refractivity contribution in [3.63, 3.8) is 0 Å². The van der Waals surface area contributed by atoms with Gasteiger partial charge in [-0.2, -0.15) is 4.57 Å². The maximum Gasteiger partial charge on any atom is 0.331 e. The van der Waals surface area contributed by atoms with Gasteiger partial charge < -0.3 is 0 Å². The third-order valence-corrected chi connectivity index (χ3v) is 6.93. The zero-order chi connectivity index (χ0) is 26.4. The van der Waals surface area contributed by atoms with Crippen LogP contribution >= 0.6 is 23.2 Å². The van der Waals surface area contributed by atoms with Gasteiger partial charge in [0.2, 0.25) is 0 Å². The van der Waals surface area contributed by atoms with Crippen molar-refractivity contribution in [3.05, 3.63) is 110 Å². The number of nitrogens with one attached hydrogen (secondary N) is 1. The van der Waals surface area contributed by atoms with Gasteiger partial charge in [0.05, 0.1) is 27.0 Å². The molecule has 0 radical (unpaired) electrons. The Labute approximate surface area is 223 Å². The van der Waals surface area contributed by atoms with Crippen LogP contribution in [0.5, 0.6) is 0 Å². The fraction of sp³-hybridized carbons (Fsp3) is 0.143. The molecule has 2 aromatic heterocycles. The van der Waals surface area contributed by atoms with Crippen LogP contribution in [-0.4, -0.2) is 21.6 Å². The van der Waals surface area contributed by atoms with E-state index in [1.54, 1.807) is 71.6 Å². The van der Waals surface area contributed by atoms with E-state index in [4.69, 9.17) is 23.2 Å². The highest BCUT2D eigenvalue weighted by atomic mass is 35.5. The van der Waals surface area contributed by atoms with E-state index in [1.807, 2.05) is 26.8 Å². The van der Waals surface area contributed by atoms with Gasteiger partial charge in [-0.05, 0) is 49.2 Å². The van der Waals surface area contributed by atoms with Crippen molar-refractivity contribution >= 4 is 52.0 Å². The summed E-state index contributed by atoms with van der Waals surface area (Å²) in [5.41, 5.74) is 2.09. The van der Waals surface area contributed by atoms with E-state index in [0.29, 0.717) is 22.1 Å². The monoisotopic (exact) mass is 533 g/mol. The smallest absolute Gasteiger partial charge is 0.294 e. The van der Waals surface area contributed by atoms with E-state index in [-0.39, 0.29) is 27.8 Å². The number of nitrogens with zero attached hydrogens (tertiary/aromatic N) is 3. The minimum atomic E-state index is -0.570. The maximum atomic E-state index is 14.0. The highest BCUT2D eigenvalue weighted by molar-refractivity contribution is 6.53. The van der Waals surface area contributed by atoms with Gasteiger partial charge in [-0.15, -0.1) is 0 Å². The second-order valence-corrected chi connectivity index (χ2v) is 9.90. The molecule has 3 heterocycles. The number of carbonyl (C=O) groups excluding carboxylic acids is 2. The van der Waals surface area contributed by atoms with Crippen LogP contribution in [0, 0.1) is 6.92 Å². The minimum absolute atomic E-state index is 0.0354. The molecular formula is C28H23Cl2N4O3+. The molecule has 2 amide bonds. The van der Waals surface area contributed by atoms with E-state index in [0.717, 1.165) is 10.5 Å². The molecule has 0 fully saturated rings. The number of hydrogen-bond acceptors (Lipinski definition) is 3. The summed E-state index contributed by atoms with van der Waals surface area (Å²) in [5.74, 6) is -1.26. The maximum absolute atomic E-state index is 14.0. The van der Waals surface area contributed by atoms with Crippen LogP contribution in [0.15, 0.2) is 77.9 Å². The molecule has 1 aliphatic heterocycles. The van der Waals surface area contributed by atoms with Crippen LogP contribution in [-0.2, 0) is 9.59 Å². The molecule has 0 spiro atoms. The van der Waals surface area contributed by atoms with Crippen molar-refractivity contribution < 1.29 is 14.2 Å². The predicted octanol–water partition coefficient (Wildman–Crippen LogP) is 5.13. The molecule has 37 heavy (non-hydrogen) atoms. The standard InChI is InChI=1S/C28H22Cl2N4O3/c1-16(2)24-22(27(36)34(31-24)19-11-12-20(29)21(30)14-19)23-25(32-13-7-8-17(3)15-32)28(37)33(26(23)35)18-9-5-4-6-10-18/h4-16H,1-3H3/p+1. The number of para-hydroxylation sites is 1. The van der Waals surface area contributed by atoms with Gasteiger partial charge in [0.1, 0.15) is 5.57 Å². The lowest BCUT2D eigenvalue weighted by molar-refractivity contribution is -0.577. The highest BCUT2D eigenvalue weighted by Gasteiger charge is 2.48. The Balaban J connectivity index is 1.81. The van der Waals surface area contributed by atoms with Gasteiger partial charge >= 0.3 is 5.91 Å². The quantitative estimate of drug-likeness (QED) is 0.285. The van der Waals surface area contributed by atoms with Gasteiger partial charge in [0, 0.05) is 17.3 Å². The third kappa shape index (κ3) is 4.20. The molecule has 1 aliphatic rings. The van der Waals surface area contributed by atoms with E-state index in [1.165, 1.54) is 4.68 Å². The average molecular weight is 534 g/mol. The van der Waals surface area contributed by atoms with Crippen molar-refractivity contribution in [1.29, 1.82) is 0 Å². The van der Waals surface area contributed by atoms with Crippen LogP contribution in [0.3, 0.4) is 0 Å². The molecule has 0 unspecified atom stereocenters. The van der Waals surface area contributed by atoms with Crippen molar-refractivity contribution in [2.45, 2.75) is 26.7 Å². The lowest BCUT2D eigenvalue weighted by atomic mass is 9.98. The predicted molar refractivity (Wildman–Crippen MR) is 144 cm³/mol. The SMILES string of the molecule is Cc1ccc[n+](C2=C(c3c(C(C)C)[nH]n(-c4ccc(Cl)c(Cl)c4)c3=O)C(=O)N(c3ccccc3)C2=O)c1. The van der Waals surface area contributed by atoms with E-state index in [2.05, 4.69) is 5.10 Å². The summed E-state index contributed by atoms with van der Waals surface area (Å²) in [6, 6.07) is 17.2. The van der Waals surface area contributed by atoms with Gasteiger partial charge in [0.15, 0.2) is 12.4 Å². The van der Waals surface area contributed by atoms with Crippen molar-refractivity contribution in [2.75, 3.05) is 4.90 Å². The molecule has 0 saturated carbocycles. The van der Waals surface area contributed by atoms with Gasteiger partial charge in [-0.1, -0.05) is 55.2 Å². The molecule has 0 aliphatic carbocycles. The second kappa shape index (κ2) is 9.50. The molecule has 2 aromatic carbocycles. The number of pyridine rings is 1. The average Bonchev–Trinajstić information content (AvgIpc) is 3.34. The summed E-state index contributed by atoms with van der Waals surface area (Å²) in [5, 5.41) is 3.78. The van der Waals surface area contributed by atoms with Gasteiger partial charge in [-0.25, -0.2) is 9.58 Å². The van der Waals surface area contributed by atoms with E-state index >= 15 is 0 Å². The molecule has 4 aromatic rings. The van der Waals surface area contributed by atoms with E-state index in [9.17, 15) is 14.4 Å². The Morgan fingerprint density at radius 3 is 2.24 bits per heavy atom. The first-order valence-corrected chi connectivity index (χ1v) is 12.4. The van der Waals surface area contributed by atoms with E-state index < -0.39 is 17.4 Å². The summed E-state index contributed by atoms with van der Waals surface area (Å²) in [6.07, 6.45) is 3.45. The number of aryl methyl sites for hydroxylation is 1. The number of benzene rings is 2. The molecular weight excluding hydrogens is 511 g/mol. The first-order valence-electron chi connectivity index (χ1n) is 11.7. The molecule has 186 valence electrons. The molecule has 0 saturated heterocycles. The van der Waals surface area contributed by atoms with Crippen LogP contribution in [0.25, 0.3) is 17.0 Å². The summed E-state index contributed by atoms with van der Waals surface area (Å²) in [4.78, 5) is 42.9. The summed E-state index contributed by atoms with van der Waals surface area (Å²) < 4.78 is 2.93. The Kier molecular flexibility index (Phi) is 6.35. The number of imide groups is 1. The summed E-state index contributed by atoms with van der Waals surface area (Å²) in [6.45, 7) is 5.70. The van der Waals surface area contributed by atoms with Crippen LogP contribution in [0.4, 0.5) is 5.69 Å². The van der Waals surface area contributed by atoms with Gasteiger partial charge in [-0.3, -0.25) is 19.5 Å². The molecule has 0 atom stereocenters. The Bertz CT molecular complexity index is 1650. The normalized spacial score (nSPS) is 13.8. The number of anilines is 1. The topological polar surface area (TPSA) is 79.1 Å². The number of amides is 2. The molecule has 5 rings (SSSR count). The Morgan fingerprint density at radius 2 is 1.59 bits per heavy atom. The lowest BCUT2D eigenvalue weighted by Gasteiger charge is -2.13. The zero-order valence-corrected chi connectivity index (χ0v) is 21.8. The number of halogens is 2. The molecule has 1 N–H and O–H groups in total. The van der Waals surface area contributed by atoms with Crippen LogP contribution < -0.4 is 15.0 Å². The van der Waals surface area contributed by atoms with Crippen LogP contribution in [0.2, 0.25) is 10.0 Å². The van der Waals surface area contributed by atoms with Crippen LogP contribution in [0.1, 0.15) is 36.6 Å². The summed E-state index contributed by atoms with van der Waals surface area (Å²) >= 11 is 12.3. The van der Waals surface area contributed by atoms with Gasteiger partial charge in [0.25, 0.3) is 17.2 Å². The number of rotatable bonds is 5. The number of aromatic nitrogens is 3. The number of carbonyl (C=O) groups is 2. The number of H-pyrrole nitrogens is 1. The Morgan fingerprint density at radius 1 is 0.865 bits per heavy atom. The Hall–Kier alpha value is -3.94. The summed E-state index contributed by atoms with van der Waals surface area (Å²) in [7, 11) is 0. The van der Waals surface area contributed by atoms with Crippen molar-refractivity contribution in [1.82, 2.24) is 9.78 Å².